The molecule has 1 aromatic rings. The van der Waals surface area contributed by atoms with E-state index in [1.807, 2.05) is 0 Å². The summed E-state index contributed by atoms with van der Waals surface area (Å²) in [5.74, 6) is 5.00. The van der Waals surface area contributed by atoms with Crippen LogP contribution < -0.4 is 5.90 Å². The van der Waals surface area contributed by atoms with Gasteiger partial charge in [0.2, 0.25) is 5.76 Å². The van der Waals surface area contributed by atoms with Crippen LogP contribution in [0.4, 0.5) is 0 Å². The van der Waals surface area contributed by atoms with Crippen LogP contribution >= 0.6 is 0 Å². The van der Waals surface area contributed by atoms with Crippen molar-refractivity contribution in [2.75, 3.05) is 6.61 Å². The number of carbonyl (C=O) groups excluding carboxylic acids is 1. The topological polar surface area (TPSA) is 74.7 Å². The molecule has 0 atom stereocenters. The molecule has 0 amide bonds. The average Bonchev–Trinajstić information content (AvgIpc) is 2.54. The zero-order valence-electron chi connectivity index (χ0n) is 7.28. The summed E-state index contributed by atoms with van der Waals surface area (Å²) in [5.41, 5.74) is 0. The van der Waals surface area contributed by atoms with Crippen molar-refractivity contribution >= 4 is 5.97 Å². The number of hydrogen-bond donors (Lipinski definition) is 1. The van der Waals surface area contributed by atoms with Crippen LogP contribution in [0.1, 0.15) is 23.2 Å². The molecule has 0 aliphatic carbocycles. The van der Waals surface area contributed by atoms with E-state index >= 15 is 0 Å². The van der Waals surface area contributed by atoms with E-state index < -0.39 is 5.97 Å². The van der Waals surface area contributed by atoms with E-state index in [1.165, 1.54) is 6.07 Å². The molecule has 0 fully saturated rings. The molecule has 72 valence electrons. The molecule has 13 heavy (non-hydrogen) atoms. The third-order valence-corrected chi connectivity index (χ3v) is 1.36. The third-order valence-electron chi connectivity index (χ3n) is 1.36. The Morgan fingerprint density at radius 1 is 1.62 bits per heavy atom. The minimum atomic E-state index is -0.481. The van der Waals surface area contributed by atoms with Gasteiger partial charge in [-0.2, -0.15) is 0 Å². The third kappa shape index (κ3) is 2.57. The second-order valence-electron chi connectivity index (χ2n) is 2.30. The first kappa shape index (κ1) is 9.76. The fourth-order valence-electron chi connectivity index (χ4n) is 0.850. The molecule has 5 heteroatoms. The largest absolute Gasteiger partial charge is 0.460 e. The van der Waals surface area contributed by atoms with Crippen LogP contribution in [0.2, 0.25) is 0 Å². The van der Waals surface area contributed by atoms with Crippen molar-refractivity contribution < 1.29 is 18.8 Å². The van der Waals surface area contributed by atoms with Gasteiger partial charge in [-0.05, 0) is 19.1 Å². The quantitative estimate of drug-likeness (QED) is 0.555. The summed E-state index contributed by atoms with van der Waals surface area (Å²) in [7, 11) is 0. The van der Waals surface area contributed by atoms with Crippen LogP contribution in [0.5, 0.6) is 0 Å². The molecule has 0 aromatic carbocycles. The number of furan rings is 1. The first-order valence-electron chi connectivity index (χ1n) is 3.85. The van der Waals surface area contributed by atoms with Gasteiger partial charge >= 0.3 is 5.97 Å². The molecule has 0 saturated heterocycles. The van der Waals surface area contributed by atoms with Crippen molar-refractivity contribution in [1.29, 1.82) is 0 Å². The zero-order valence-corrected chi connectivity index (χ0v) is 7.28. The van der Waals surface area contributed by atoms with Crippen LogP contribution in [-0.2, 0) is 16.2 Å². The number of hydrogen-bond acceptors (Lipinski definition) is 5. The normalized spacial score (nSPS) is 10.0. The van der Waals surface area contributed by atoms with Gasteiger partial charge in [0.25, 0.3) is 0 Å². The number of ether oxygens (including phenoxy) is 1. The standard InChI is InChI=1S/C8H11NO4/c1-2-11-8(10)7-4-3-6(13-7)5-12-9/h3-4H,2,5,9H2,1H3. The van der Waals surface area contributed by atoms with Crippen molar-refractivity contribution in [1.82, 2.24) is 0 Å². The monoisotopic (exact) mass is 185 g/mol. The Kier molecular flexibility index (Phi) is 3.48. The Hall–Kier alpha value is -1.33. The lowest BCUT2D eigenvalue weighted by Gasteiger charge is -1.96. The SMILES string of the molecule is CCOC(=O)c1ccc(CON)o1. The maximum absolute atomic E-state index is 11.1. The van der Waals surface area contributed by atoms with Crippen LogP contribution in [0.25, 0.3) is 0 Å². The molecule has 0 unspecified atom stereocenters. The van der Waals surface area contributed by atoms with Crippen molar-refractivity contribution in [2.24, 2.45) is 5.90 Å². The smallest absolute Gasteiger partial charge is 0.374 e. The van der Waals surface area contributed by atoms with Crippen LogP contribution in [0.3, 0.4) is 0 Å². The lowest BCUT2D eigenvalue weighted by atomic mass is 10.4. The number of nitrogens with two attached hydrogens (primary N) is 1. The van der Waals surface area contributed by atoms with E-state index in [0.717, 1.165) is 0 Å². The molecule has 1 rings (SSSR count). The Labute approximate surface area is 75.4 Å². The van der Waals surface area contributed by atoms with Gasteiger partial charge in [-0.15, -0.1) is 0 Å². The number of rotatable bonds is 4. The maximum atomic E-state index is 11.1. The minimum absolute atomic E-state index is 0.138. The molecule has 0 bridgehead atoms. The second-order valence-corrected chi connectivity index (χ2v) is 2.30. The molecule has 0 aliphatic rings. The number of carbonyl (C=O) groups is 1. The highest BCUT2D eigenvalue weighted by Crippen LogP contribution is 2.09. The van der Waals surface area contributed by atoms with Crippen molar-refractivity contribution in [2.45, 2.75) is 13.5 Å². The summed E-state index contributed by atoms with van der Waals surface area (Å²) < 4.78 is 9.77. The van der Waals surface area contributed by atoms with Crippen molar-refractivity contribution in [3.63, 3.8) is 0 Å². The lowest BCUT2D eigenvalue weighted by molar-refractivity contribution is 0.0478. The molecule has 0 spiro atoms. The average molecular weight is 185 g/mol. The van der Waals surface area contributed by atoms with E-state index in [4.69, 9.17) is 15.1 Å². The molecule has 0 radical (unpaired) electrons. The van der Waals surface area contributed by atoms with Gasteiger partial charge < -0.3 is 9.15 Å². The molecule has 0 aliphatic heterocycles. The van der Waals surface area contributed by atoms with Crippen molar-refractivity contribution in [3.05, 3.63) is 23.7 Å². The summed E-state index contributed by atoms with van der Waals surface area (Å²) in [5, 5.41) is 0. The van der Waals surface area contributed by atoms with Gasteiger partial charge in [0.1, 0.15) is 12.4 Å². The Morgan fingerprint density at radius 2 is 2.38 bits per heavy atom. The van der Waals surface area contributed by atoms with Gasteiger partial charge in [0.05, 0.1) is 6.61 Å². The number of esters is 1. The highest BCUT2D eigenvalue weighted by atomic mass is 16.6. The summed E-state index contributed by atoms with van der Waals surface area (Å²) >= 11 is 0. The Bertz CT molecular complexity index is 281. The van der Waals surface area contributed by atoms with Crippen LogP contribution in [-0.4, -0.2) is 12.6 Å². The van der Waals surface area contributed by atoms with E-state index in [1.54, 1.807) is 13.0 Å². The van der Waals surface area contributed by atoms with E-state index in [-0.39, 0.29) is 12.4 Å². The lowest BCUT2D eigenvalue weighted by Crippen LogP contribution is -2.03. The van der Waals surface area contributed by atoms with E-state index in [0.29, 0.717) is 12.4 Å². The molecular formula is C8H11NO4. The first-order chi connectivity index (χ1) is 6.27. The molecule has 0 saturated carbocycles. The highest BCUT2D eigenvalue weighted by molar-refractivity contribution is 5.86. The van der Waals surface area contributed by atoms with Gasteiger partial charge in [-0.1, -0.05) is 0 Å². The Balaban J connectivity index is 2.62. The summed E-state index contributed by atoms with van der Waals surface area (Å²) in [6, 6.07) is 3.13. The molecule has 5 nitrogen and oxygen atoms in total. The van der Waals surface area contributed by atoms with Crippen molar-refractivity contribution in [3.8, 4) is 0 Å². The Morgan fingerprint density at radius 3 is 3.00 bits per heavy atom. The maximum Gasteiger partial charge on any atom is 0.374 e. The minimum Gasteiger partial charge on any atom is -0.460 e. The van der Waals surface area contributed by atoms with Gasteiger partial charge in [-0.25, -0.2) is 10.7 Å². The fraction of sp³-hybridized carbons (Fsp3) is 0.375. The molecular weight excluding hydrogens is 174 g/mol. The van der Waals surface area contributed by atoms with Gasteiger partial charge in [0.15, 0.2) is 0 Å². The summed E-state index contributed by atoms with van der Waals surface area (Å²) in [6.07, 6.45) is 0. The fourth-order valence-corrected chi connectivity index (χ4v) is 0.850. The summed E-state index contributed by atoms with van der Waals surface area (Å²) in [6.45, 7) is 2.19. The molecule has 1 aromatic heterocycles. The van der Waals surface area contributed by atoms with Crippen LogP contribution in [0, 0.1) is 0 Å². The first-order valence-corrected chi connectivity index (χ1v) is 3.85. The van der Waals surface area contributed by atoms with E-state index in [9.17, 15) is 4.79 Å². The molecule has 2 N–H and O–H groups in total. The summed E-state index contributed by atoms with van der Waals surface area (Å²) in [4.78, 5) is 15.4. The predicted octanol–water partition coefficient (Wildman–Crippen LogP) is 0.847. The van der Waals surface area contributed by atoms with Crippen LogP contribution in [0.15, 0.2) is 16.5 Å². The van der Waals surface area contributed by atoms with Gasteiger partial charge in [0, 0.05) is 0 Å². The zero-order chi connectivity index (χ0) is 9.68. The van der Waals surface area contributed by atoms with E-state index in [2.05, 4.69) is 4.84 Å². The highest BCUT2D eigenvalue weighted by Gasteiger charge is 2.11. The second kappa shape index (κ2) is 4.64. The predicted molar refractivity (Wildman–Crippen MR) is 43.6 cm³/mol. The molecule has 1 heterocycles. The van der Waals surface area contributed by atoms with Gasteiger partial charge in [-0.3, -0.25) is 4.84 Å².